The minimum absolute atomic E-state index is 0.694. The maximum atomic E-state index is 5.59. The Hall–Kier alpha value is -1.09. The zero-order chi connectivity index (χ0) is 14.3. The molecule has 1 heterocycles. The second-order valence-corrected chi connectivity index (χ2v) is 5.52. The van der Waals surface area contributed by atoms with Gasteiger partial charge in [-0.2, -0.15) is 0 Å². The molecule has 2 N–H and O–H groups in total. The fourth-order valence-electron chi connectivity index (χ4n) is 2.31. The minimum atomic E-state index is 0.694. The second-order valence-electron chi connectivity index (χ2n) is 5.52. The molecule has 0 aromatic carbocycles. The molecule has 0 fully saturated rings. The molecule has 0 radical (unpaired) electrons. The quantitative estimate of drug-likeness (QED) is 0.727. The first-order valence-electron chi connectivity index (χ1n) is 7.43. The fraction of sp³-hybridized carbons (Fsp3) is 0.562. The van der Waals surface area contributed by atoms with Crippen LogP contribution in [0.2, 0.25) is 6.32 Å². The topological polar surface area (TPSA) is 38.9 Å². The van der Waals surface area contributed by atoms with Crippen molar-refractivity contribution in [2.45, 2.75) is 46.4 Å². The van der Waals surface area contributed by atoms with Crippen LogP contribution >= 0.6 is 0 Å². The number of aryl methyl sites for hydroxylation is 2. The van der Waals surface area contributed by atoms with Gasteiger partial charge in [-0.3, -0.25) is 4.98 Å². The predicted octanol–water partition coefficient (Wildman–Crippen LogP) is 3.15. The Kier molecular flexibility index (Phi) is 6.86. The molecule has 0 aliphatic heterocycles. The van der Waals surface area contributed by atoms with E-state index in [9.17, 15) is 0 Å². The Morgan fingerprint density at radius 2 is 2.16 bits per heavy atom. The molecule has 0 saturated carbocycles. The van der Waals surface area contributed by atoms with Crippen molar-refractivity contribution in [1.82, 2.24) is 4.98 Å². The summed E-state index contributed by atoms with van der Waals surface area (Å²) in [5.74, 6) is 0.694. The lowest BCUT2D eigenvalue weighted by molar-refractivity contribution is 0.499. The molecule has 1 unspecified atom stereocenters. The molecular formula is C16H27BN2. The van der Waals surface area contributed by atoms with Crippen LogP contribution in [0.15, 0.2) is 18.7 Å². The van der Waals surface area contributed by atoms with E-state index in [4.69, 9.17) is 10.7 Å². The highest BCUT2D eigenvalue weighted by Gasteiger charge is 2.07. The van der Waals surface area contributed by atoms with Gasteiger partial charge in [-0.15, -0.1) is 6.58 Å². The summed E-state index contributed by atoms with van der Waals surface area (Å²) in [5.41, 5.74) is 10.3. The van der Waals surface area contributed by atoms with E-state index < -0.39 is 0 Å². The van der Waals surface area contributed by atoms with Crippen LogP contribution in [0.1, 0.15) is 43.6 Å². The van der Waals surface area contributed by atoms with Crippen molar-refractivity contribution < 1.29 is 0 Å². The van der Waals surface area contributed by atoms with Crippen molar-refractivity contribution in [2.24, 2.45) is 11.7 Å². The molecule has 0 aliphatic rings. The molecule has 1 aromatic rings. The Morgan fingerprint density at radius 3 is 2.74 bits per heavy atom. The Bertz CT molecular complexity index is 415. The van der Waals surface area contributed by atoms with Crippen LogP contribution in [0.3, 0.4) is 0 Å². The first kappa shape index (κ1) is 16.0. The van der Waals surface area contributed by atoms with Gasteiger partial charge in [0.05, 0.1) is 5.69 Å². The third kappa shape index (κ3) is 5.19. The van der Waals surface area contributed by atoms with Gasteiger partial charge < -0.3 is 5.73 Å². The number of hydrogen-bond donors (Lipinski definition) is 1. The molecule has 0 saturated heterocycles. The summed E-state index contributed by atoms with van der Waals surface area (Å²) in [6.45, 7) is 11.4. The highest BCUT2D eigenvalue weighted by molar-refractivity contribution is 6.60. The molecule has 0 spiro atoms. The lowest BCUT2D eigenvalue weighted by atomic mass is 9.66. The molecule has 19 heavy (non-hydrogen) atoms. The van der Waals surface area contributed by atoms with E-state index in [1.54, 1.807) is 0 Å². The smallest absolute Gasteiger partial charge is 0.159 e. The van der Waals surface area contributed by atoms with Gasteiger partial charge in [0.15, 0.2) is 7.28 Å². The van der Waals surface area contributed by atoms with Gasteiger partial charge in [0.25, 0.3) is 0 Å². The number of nitrogens with zero attached hydrogens (tertiary/aromatic N) is 1. The van der Waals surface area contributed by atoms with Crippen LogP contribution in [0.25, 0.3) is 5.47 Å². The van der Waals surface area contributed by atoms with Crippen LogP contribution in [-0.4, -0.2) is 18.8 Å². The zero-order valence-electron chi connectivity index (χ0n) is 12.7. The summed E-state index contributed by atoms with van der Waals surface area (Å²) in [5, 5.41) is 0. The molecule has 1 atom stereocenters. The molecule has 2 nitrogen and oxygen atoms in total. The van der Waals surface area contributed by atoms with E-state index in [0.717, 1.165) is 49.8 Å². The van der Waals surface area contributed by atoms with E-state index in [1.807, 2.05) is 0 Å². The maximum absolute atomic E-state index is 5.59. The molecule has 104 valence electrons. The largest absolute Gasteiger partial charge is 0.330 e. The summed E-state index contributed by atoms with van der Waals surface area (Å²) in [6, 6.07) is 4.33. The Morgan fingerprint density at radius 1 is 1.42 bits per heavy atom. The van der Waals surface area contributed by atoms with E-state index in [-0.39, 0.29) is 0 Å². The normalized spacial score (nSPS) is 12.2. The van der Waals surface area contributed by atoms with Crippen LogP contribution in [0.5, 0.6) is 0 Å². The monoisotopic (exact) mass is 258 g/mol. The number of hydrogen-bond acceptors (Lipinski definition) is 2. The number of aromatic nitrogens is 1. The maximum Gasteiger partial charge on any atom is 0.159 e. The van der Waals surface area contributed by atoms with Crippen molar-refractivity contribution in [3.8, 4) is 0 Å². The standard InChI is InChI=1S/C16H27BN2/c1-5-17-13(3)16-9-8-15(14(4)19-16)7-6-12(2)10-11-18/h8-9,12,17H,3,5-7,10-11,18H2,1-2,4H3. The van der Waals surface area contributed by atoms with Crippen molar-refractivity contribution in [3.63, 3.8) is 0 Å². The van der Waals surface area contributed by atoms with Gasteiger partial charge in [0.1, 0.15) is 0 Å². The number of nitrogens with two attached hydrogens (primary N) is 1. The third-order valence-electron chi connectivity index (χ3n) is 3.68. The van der Waals surface area contributed by atoms with Crippen molar-refractivity contribution in [1.29, 1.82) is 0 Å². The summed E-state index contributed by atoms with van der Waals surface area (Å²) in [7, 11) is 1.03. The molecule has 1 rings (SSSR count). The third-order valence-corrected chi connectivity index (χ3v) is 3.68. The highest BCUT2D eigenvalue weighted by Crippen LogP contribution is 2.17. The molecular weight excluding hydrogens is 231 g/mol. The Labute approximate surface area is 118 Å². The lowest BCUT2D eigenvalue weighted by Crippen LogP contribution is -2.07. The van der Waals surface area contributed by atoms with Crippen LogP contribution < -0.4 is 5.73 Å². The summed E-state index contributed by atoms with van der Waals surface area (Å²) < 4.78 is 0. The second kappa shape index (κ2) is 8.16. The minimum Gasteiger partial charge on any atom is -0.330 e. The van der Waals surface area contributed by atoms with Gasteiger partial charge in [-0.05, 0) is 50.3 Å². The fourth-order valence-corrected chi connectivity index (χ4v) is 2.31. The SMILES string of the molecule is C=C(BCC)c1ccc(CCC(C)CCN)c(C)n1. The summed E-state index contributed by atoms with van der Waals surface area (Å²) in [4.78, 5) is 4.69. The van der Waals surface area contributed by atoms with Crippen LogP contribution in [0.4, 0.5) is 0 Å². The average molecular weight is 258 g/mol. The van der Waals surface area contributed by atoms with Crippen LogP contribution in [-0.2, 0) is 6.42 Å². The van der Waals surface area contributed by atoms with E-state index in [0.29, 0.717) is 5.92 Å². The first-order chi connectivity index (χ1) is 9.08. The number of pyridine rings is 1. The zero-order valence-corrected chi connectivity index (χ0v) is 12.7. The van der Waals surface area contributed by atoms with Crippen molar-refractivity contribution in [2.75, 3.05) is 6.54 Å². The average Bonchev–Trinajstić information content (AvgIpc) is 2.38. The van der Waals surface area contributed by atoms with E-state index in [2.05, 4.69) is 39.5 Å². The van der Waals surface area contributed by atoms with Gasteiger partial charge >= 0.3 is 0 Å². The lowest BCUT2D eigenvalue weighted by Gasteiger charge is -2.12. The van der Waals surface area contributed by atoms with Crippen LogP contribution in [0, 0.1) is 12.8 Å². The first-order valence-corrected chi connectivity index (χ1v) is 7.43. The van der Waals surface area contributed by atoms with Gasteiger partial charge in [0, 0.05) is 5.69 Å². The molecule has 0 bridgehead atoms. The van der Waals surface area contributed by atoms with Crippen molar-refractivity contribution >= 4 is 12.8 Å². The van der Waals surface area contributed by atoms with Gasteiger partial charge in [0.2, 0.25) is 0 Å². The summed E-state index contributed by atoms with van der Waals surface area (Å²) >= 11 is 0. The highest BCUT2D eigenvalue weighted by atomic mass is 14.7. The molecule has 1 aromatic heterocycles. The molecule has 3 heteroatoms. The van der Waals surface area contributed by atoms with Crippen molar-refractivity contribution in [3.05, 3.63) is 35.7 Å². The van der Waals surface area contributed by atoms with E-state index in [1.165, 1.54) is 12.0 Å². The summed E-state index contributed by atoms with van der Waals surface area (Å²) in [6.07, 6.45) is 4.52. The molecule has 0 amide bonds. The van der Waals surface area contributed by atoms with Gasteiger partial charge in [-0.1, -0.05) is 31.7 Å². The van der Waals surface area contributed by atoms with E-state index >= 15 is 0 Å². The Balaban J connectivity index is 2.64. The molecule has 0 aliphatic carbocycles. The number of rotatable bonds is 8. The predicted molar refractivity (Wildman–Crippen MR) is 86.8 cm³/mol. The van der Waals surface area contributed by atoms with Gasteiger partial charge in [-0.25, -0.2) is 0 Å².